The minimum atomic E-state index is -4.44. The third-order valence-electron chi connectivity index (χ3n) is 2.01. The summed E-state index contributed by atoms with van der Waals surface area (Å²) in [6.07, 6.45) is 1.35. The highest BCUT2D eigenvalue weighted by Crippen LogP contribution is 2.36. The Bertz CT molecular complexity index is 339. The largest absolute Gasteiger partial charge is 0.469 e. The van der Waals surface area contributed by atoms with E-state index >= 15 is 0 Å². The Morgan fingerprint density at radius 2 is 2.05 bits per heavy atom. The van der Waals surface area contributed by atoms with Crippen molar-refractivity contribution in [1.82, 2.24) is 5.32 Å². The van der Waals surface area contributed by atoms with Gasteiger partial charge in [0.15, 0.2) is 0 Å². The number of hydrogen-bond donors (Lipinski definition) is 3. The van der Waals surface area contributed by atoms with Gasteiger partial charge in [0.05, 0.1) is 18.9 Å². The molecule has 0 aliphatic heterocycles. The van der Waals surface area contributed by atoms with E-state index in [9.17, 15) is 9.36 Å². The van der Waals surface area contributed by atoms with E-state index in [1.807, 2.05) is 0 Å². The average Bonchev–Trinajstić information content (AvgIpc) is 2.25. The number of nitrogens with one attached hydrogen (secondary N) is 1. The lowest BCUT2D eigenvalue weighted by Gasteiger charge is -2.25. The van der Waals surface area contributed by atoms with Gasteiger partial charge in [0, 0.05) is 6.08 Å². The van der Waals surface area contributed by atoms with Gasteiger partial charge in [-0.2, -0.15) is 0 Å². The molecule has 0 saturated heterocycles. The standard InChI is InChI=1S/C10H20NO7P/c1-4-9(12)16-7-11-8-17-10(2,3)5-6-18-19(13,14)15/h4,11H,1,5-8H2,2-3H3,(H2,13,14,15). The summed E-state index contributed by atoms with van der Waals surface area (Å²) in [5.74, 6) is -0.540. The molecule has 0 atom stereocenters. The van der Waals surface area contributed by atoms with Crippen LogP contribution in [0.5, 0.6) is 0 Å². The maximum atomic E-state index is 10.7. The Morgan fingerprint density at radius 1 is 1.42 bits per heavy atom. The van der Waals surface area contributed by atoms with Crippen LogP contribution in [0.15, 0.2) is 12.7 Å². The van der Waals surface area contributed by atoms with Gasteiger partial charge in [-0.05, 0) is 20.3 Å². The lowest BCUT2D eigenvalue weighted by molar-refractivity contribution is -0.139. The van der Waals surface area contributed by atoms with Gasteiger partial charge in [-0.25, -0.2) is 9.36 Å². The number of phosphoric acid groups is 1. The minimum Gasteiger partial charge on any atom is -0.447 e. The first kappa shape index (κ1) is 18.2. The molecule has 0 aliphatic rings. The van der Waals surface area contributed by atoms with Crippen LogP contribution in [0.2, 0.25) is 0 Å². The highest BCUT2D eigenvalue weighted by atomic mass is 31.2. The lowest BCUT2D eigenvalue weighted by atomic mass is 10.1. The van der Waals surface area contributed by atoms with Gasteiger partial charge < -0.3 is 19.3 Å². The molecule has 0 radical (unpaired) electrons. The second-order valence-electron chi connectivity index (χ2n) is 4.18. The van der Waals surface area contributed by atoms with Gasteiger partial charge in [0.1, 0.15) is 6.73 Å². The van der Waals surface area contributed by atoms with Crippen LogP contribution >= 0.6 is 7.82 Å². The maximum Gasteiger partial charge on any atom is 0.469 e. The fraction of sp³-hybridized carbons (Fsp3) is 0.700. The molecule has 9 heteroatoms. The first-order chi connectivity index (χ1) is 8.66. The lowest BCUT2D eigenvalue weighted by Crippen LogP contribution is -2.32. The average molecular weight is 297 g/mol. The smallest absolute Gasteiger partial charge is 0.447 e. The molecular formula is C10H20NO7P. The molecule has 0 aromatic rings. The predicted molar refractivity (Wildman–Crippen MR) is 66.9 cm³/mol. The molecule has 0 saturated carbocycles. The summed E-state index contributed by atoms with van der Waals surface area (Å²) in [7, 11) is -4.44. The van der Waals surface area contributed by atoms with E-state index in [1.165, 1.54) is 0 Å². The summed E-state index contributed by atoms with van der Waals surface area (Å²) >= 11 is 0. The summed E-state index contributed by atoms with van der Waals surface area (Å²) in [6, 6.07) is 0. The van der Waals surface area contributed by atoms with Crippen LogP contribution in [-0.4, -0.2) is 41.4 Å². The highest BCUT2D eigenvalue weighted by molar-refractivity contribution is 7.46. The monoisotopic (exact) mass is 297 g/mol. The van der Waals surface area contributed by atoms with Gasteiger partial charge in [-0.15, -0.1) is 0 Å². The van der Waals surface area contributed by atoms with Crippen molar-refractivity contribution < 1.29 is 33.1 Å². The molecule has 0 bridgehead atoms. The van der Waals surface area contributed by atoms with Crippen molar-refractivity contribution in [2.24, 2.45) is 0 Å². The van der Waals surface area contributed by atoms with E-state index in [4.69, 9.17) is 14.5 Å². The molecule has 0 aliphatic carbocycles. The summed E-state index contributed by atoms with van der Waals surface area (Å²) in [5.41, 5.74) is -0.634. The fourth-order valence-electron chi connectivity index (χ4n) is 0.952. The molecule has 3 N–H and O–H groups in total. The van der Waals surface area contributed by atoms with Crippen molar-refractivity contribution in [3.05, 3.63) is 12.7 Å². The zero-order valence-electron chi connectivity index (χ0n) is 11.0. The molecule has 0 aromatic carbocycles. The molecule has 112 valence electrons. The number of rotatable bonds is 10. The number of ether oxygens (including phenoxy) is 2. The van der Waals surface area contributed by atoms with Crippen LogP contribution in [0.4, 0.5) is 0 Å². The van der Waals surface area contributed by atoms with Gasteiger partial charge >= 0.3 is 13.8 Å². The topological polar surface area (TPSA) is 114 Å². The van der Waals surface area contributed by atoms with Crippen molar-refractivity contribution in [2.45, 2.75) is 25.9 Å². The third kappa shape index (κ3) is 12.0. The molecule has 0 aromatic heterocycles. The van der Waals surface area contributed by atoms with Crippen LogP contribution in [0.25, 0.3) is 0 Å². The van der Waals surface area contributed by atoms with Crippen LogP contribution in [0.1, 0.15) is 20.3 Å². The summed E-state index contributed by atoms with van der Waals surface area (Å²) in [6.45, 7) is 6.71. The molecule has 0 rings (SSSR count). The molecule has 0 fully saturated rings. The zero-order chi connectivity index (χ0) is 14.9. The zero-order valence-corrected chi connectivity index (χ0v) is 11.9. The minimum absolute atomic E-state index is 0.0140. The normalized spacial score (nSPS) is 12.2. The Labute approximate surface area is 112 Å². The van der Waals surface area contributed by atoms with Crippen molar-refractivity contribution in [1.29, 1.82) is 0 Å². The van der Waals surface area contributed by atoms with Gasteiger partial charge in [-0.3, -0.25) is 9.84 Å². The quantitative estimate of drug-likeness (QED) is 0.176. The molecule has 0 amide bonds. The van der Waals surface area contributed by atoms with Crippen LogP contribution in [0, 0.1) is 0 Å². The van der Waals surface area contributed by atoms with Crippen molar-refractivity contribution in [2.75, 3.05) is 20.1 Å². The summed E-state index contributed by atoms with van der Waals surface area (Å²) in [5, 5.41) is 2.71. The number of carbonyl (C=O) groups excluding carboxylic acids is 1. The van der Waals surface area contributed by atoms with E-state index in [0.717, 1.165) is 6.08 Å². The number of carbonyl (C=O) groups is 1. The molecule has 0 unspecified atom stereocenters. The molecule has 8 nitrogen and oxygen atoms in total. The summed E-state index contributed by atoms with van der Waals surface area (Å²) < 4.78 is 24.9. The van der Waals surface area contributed by atoms with E-state index < -0.39 is 19.4 Å². The summed E-state index contributed by atoms with van der Waals surface area (Å²) in [4.78, 5) is 27.7. The van der Waals surface area contributed by atoms with E-state index in [-0.39, 0.29) is 20.1 Å². The van der Waals surface area contributed by atoms with E-state index in [2.05, 4.69) is 21.2 Å². The Morgan fingerprint density at radius 3 is 2.58 bits per heavy atom. The van der Waals surface area contributed by atoms with E-state index in [0.29, 0.717) is 6.42 Å². The number of hydrogen-bond acceptors (Lipinski definition) is 6. The second-order valence-corrected chi connectivity index (χ2v) is 5.42. The Kier molecular flexibility index (Phi) is 8.08. The number of phosphoric ester groups is 1. The van der Waals surface area contributed by atoms with Gasteiger partial charge in [-0.1, -0.05) is 6.58 Å². The SMILES string of the molecule is C=CC(=O)OCNCOC(C)(C)CCOP(=O)(O)O. The predicted octanol–water partition coefficient (Wildman–Crippen LogP) is 0.515. The van der Waals surface area contributed by atoms with Gasteiger partial charge in [0.25, 0.3) is 0 Å². The van der Waals surface area contributed by atoms with E-state index in [1.54, 1.807) is 13.8 Å². The van der Waals surface area contributed by atoms with Gasteiger partial charge in [0.2, 0.25) is 0 Å². The second kappa shape index (κ2) is 8.42. The number of esters is 1. The van der Waals surface area contributed by atoms with Crippen LogP contribution < -0.4 is 5.32 Å². The Balaban J connectivity index is 3.70. The van der Waals surface area contributed by atoms with Crippen molar-refractivity contribution in [3.8, 4) is 0 Å². The Hall–Kier alpha value is -0.760. The first-order valence-electron chi connectivity index (χ1n) is 5.50. The molecule has 19 heavy (non-hydrogen) atoms. The fourth-order valence-corrected chi connectivity index (χ4v) is 1.28. The maximum absolute atomic E-state index is 10.7. The van der Waals surface area contributed by atoms with Crippen LogP contribution in [-0.2, 0) is 23.4 Å². The van der Waals surface area contributed by atoms with Crippen molar-refractivity contribution in [3.63, 3.8) is 0 Å². The van der Waals surface area contributed by atoms with Crippen LogP contribution in [0.3, 0.4) is 0 Å². The third-order valence-corrected chi connectivity index (χ3v) is 2.53. The highest BCUT2D eigenvalue weighted by Gasteiger charge is 2.21. The van der Waals surface area contributed by atoms with Crippen molar-refractivity contribution >= 4 is 13.8 Å². The molecule has 0 spiro atoms. The molecular weight excluding hydrogens is 277 g/mol. The molecule has 0 heterocycles. The first-order valence-corrected chi connectivity index (χ1v) is 7.03.